The maximum absolute atomic E-state index is 12.6. The Hall–Kier alpha value is -2.17. The molecule has 0 saturated carbocycles. The molecule has 1 heterocycles. The third kappa shape index (κ3) is 4.18. The van der Waals surface area contributed by atoms with Crippen LogP contribution in [0.5, 0.6) is 0 Å². The summed E-state index contributed by atoms with van der Waals surface area (Å²) in [5.74, 6) is -3.24. The number of halogens is 3. The number of nitrogens with one attached hydrogen (secondary N) is 1. The van der Waals surface area contributed by atoms with Gasteiger partial charge in [0.2, 0.25) is 0 Å². The minimum absolute atomic E-state index is 0.0782. The van der Waals surface area contributed by atoms with E-state index in [4.69, 9.17) is 16.9 Å². The van der Waals surface area contributed by atoms with E-state index in [1.807, 2.05) is 6.07 Å². The number of alkyl halides is 2. The number of pyridine rings is 1. The number of aryl methyl sites for hydroxylation is 1. The van der Waals surface area contributed by atoms with Gasteiger partial charge in [-0.2, -0.15) is 14.0 Å². The first-order valence-corrected chi connectivity index (χ1v) is 7.60. The second-order valence-electron chi connectivity index (χ2n) is 4.39. The molecule has 1 amide bonds. The van der Waals surface area contributed by atoms with Gasteiger partial charge in [-0.25, -0.2) is 4.98 Å². The molecule has 0 unspecified atom stereocenters. The van der Waals surface area contributed by atoms with Crippen LogP contribution in [0.1, 0.15) is 21.7 Å². The quantitative estimate of drug-likeness (QED) is 0.823. The van der Waals surface area contributed by atoms with Gasteiger partial charge in [-0.3, -0.25) is 4.79 Å². The van der Waals surface area contributed by atoms with Crippen LogP contribution in [-0.4, -0.2) is 16.6 Å². The molecular weight excluding hydrogens is 344 g/mol. The van der Waals surface area contributed by atoms with Crippen molar-refractivity contribution in [3.05, 3.63) is 52.3 Å². The van der Waals surface area contributed by atoms with Gasteiger partial charge in [-0.05, 0) is 31.2 Å². The van der Waals surface area contributed by atoms with Crippen LogP contribution in [0, 0.1) is 18.3 Å². The zero-order valence-electron chi connectivity index (χ0n) is 11.8. The third-order valence-corrected chi connectivity index (χ3v) is 4.14. The fraction of sp³-hybridized carbons (Fsp3) is 0.133. The van der Waals surface area contributed by atoms with Crippen LogP contribution in [0.3, 0.4) is 0 Å². The highest BCUT2D eigenvalue weighted by Gasteiger charge is 2.17. The van der Waals surface area contributed by atoms with Crippen molar-refractivity contribution in [3.63, 3.8) is 0 Å². The van der Waals surface area contributed by atoms with Gasteiger partial charge >= 0.3 is 0 Å². The topological polar surface area (TPSA) is 65.8 Å². The van der Waals surface area contributed by atoms with E-state index in [2.05, 4.69) is 10.3 Å². The highest BCUT2D eigenvalue weighted by Crippen LogP contribution is 2.37. The first-order valence-electron chi connectivity index (χ1n) is 6.34. The Bertz CT molecular complexity index is 793. The third-order valence-electron chi connectivity index (χ3n) is 2.86. The monoisotopic (exact) mass is 353 g/mol. The number of carbonyl (C=O) groups is 1. The Labute approximate surface area is 140 Å². The summed E-state index contributed by atoms with van der Waals surface area (Å²) in [7, 11) is 0. The fourth-order valence-electron chi connectivity index (χ4n) is 1.81. The molecule has 0 saturated heterocycles. The van der Waals surface area contributed by atoms with Crippen molar-refractivity contribution in [1.29, 1.82) is 5.26 Å². The van der Waals surface area contributed by atoms with Crippen molar-refractivity contribution in [1.82, 2.24) is 4.98 Å². The van der Waals surface area contributed by atoms with Crippen LogP contribution in [0.15, 0.2) is 35.2 Å². The Morgan fingerprint density at radius 2 is 2.13 bits per heavy atom. The zero-order chi connectivity index (χ0) is 17.0. The molecule has 0 aliphatic heterocycles. The molecule has 2 rings (SSSR count). The van der Waals surface area contributed by atoms with Crippen LogP contribution in [-0.2, 0) is 0 Å². The van der Waals surface area contributed by atoms with Gasteiger partial charge in [0, 0.05) is 0 Å². The van der Waals surface area contributed by atoms with Crippen LogP contribution >= 0.6 is 23.4 Å². The number of benzene rings is 1. The molecule has 0 atom stereocenters. The number of nitrogens with zero attached hydrogens (tertiary/aromatic N) is 2. The summed E-state index contributed by atoms with van der Waals surface area (Å²) in [4.78, 5) is 16.3. The van der Waals surface area contributed by atoms with Crippen molar-refractivity contribution < 1.29 is 13.6 Å². The molecule has 0 fully saturated rings. The minimum atomic E-state index is -2.67. The molecule has 1 aromatic heterocycles. The van der Waals surface area contributed by atoms with Gasteiger partial charge in [0.05, 0.1) is 26.9 Å². The lowest BCUT2D eigenvalue weighted by atomic mass is 10.2. The molecule has 1 N–H and O–H groups in total. The van der Waals surface area contributed by atoms with E-state index < -0.39 is 11.7 Å². The van der Waals surface area contributed by atoms with Crippen LogP contribution in [0.25, 0.3) is 0 Å². The van der Waals surface area contributed by atoms with E-state index in [0.29, 0.717) is 11.3 Å². The summed E-state index contributed by atoms with van der Waals surface area (Å²) in [5, 5.41) is 11.5. The average Bonchev–Trinajstić information content (AvgIpc) is 2.50. The smallest absolute Gasteiger partial charge is 0.289 e. The first kappa shape index (κ1) is 17.2. The minimum Gasteiger partial charge on any atom is -0.320 e. The van der Waals surface area contributed by atoms with E-state index >= 15 is 0 Å². The summed E-state index contributed by atoms with van der Waals surface area (Å²) < 4.78 is 25.3. The number of thioether (sulfide) groups is 1. The molecule has 0 radical (unpaired) electrons. The molecule has 0 aliphatic carbocycles. The van der Waals surface area contributed by atoms with Crippen LogP contribution in [0.4, 0.5) is 14.5 Å². The van der Waals surface area contributed by atoms with E-state index in [9.17, 15) is 13.6 Å². The fourth-order valence-corrected chi connectivity index (χ4v) is 2.72. The Kier molecular flexibility index (Phi) is 5.53. The van der Waals surface area contributed by atoms with E-state index in [0.717, 1.165) is 0 Å². The largest absolute Gasteiger partial charge is 0.320 e. The standard InChI is InChI=1S/C15H10ClF2N3OS/c1-8-9(7-19)5-6-12(20-8)14(22)21-11-4-2-3-10(16)13(11)23-15(17)18/h2-6,15H,1H3,(H,21,22). The summed E-state index contributed by atoms with van der Waals surface area (Å²) in [5.41, 5.74) is 1.03. The lowest BCUT2D eigenvalue weighted by molar-refractivity contribution is 0.102. The Morgan fingerprint density at radius 3 is 2.74 bits per heavy atom. The first-order chi connectivity index (χ1) is 10.9. The normalized spacial score (nSPS) is 10.4. The van der Waals surface area contributed by atoms with Crippen molar-refractivity contribution >= 4 is 35.0 Å². The maximum Gasteiger partial charge on any atom is 0.289 e. The Morgan fingerprint density at radius 1 is 1.39 bits per heavy atom. The molecule has 0 spiro atoms. The lowest BCUT2D eigenvalue weighted by Crippen LogP contribution is -2.15. The number of anilines is 1. The van der Waals surface area contributed by atoms with Crippen molar-refractivity contribution in [2.24, 2.45) is 0 Å². The van der Waals surface area contributed by atoms with Gasteiger partial charge < -0.3 is 5.32 Å². The average molecular weight is 354 g/mol. The maximum atomic E-state index is 12.6. The van der Waals surface area contributed by atoms with Crippen molar-refractivity contribution in [2.45, 2.75) is 17.6 Å². The van der Waals surface area contributed by atoms with E-state index in [-0.39, 0.29) is 33.1 Å². The number of nitriles is 1. The summed E-state index contributed by atoms with van der Waals surface area (Å²) in [6, 6.07) is 9.31. The molecule has 23 heavy (non-hydrogen) atoms. The molecular formula is C15H10ClF2N3OS. The van der Waals surface area contributed by atoms with Crippen LogP contribution in [0.2, 0.25) is 5.02 Å². The van der Waals surface area contributed by atoms with Crippen molar-refractivity contribution in [2.75, 3.05) is 5.32 Å². The lowest BCUT2D eigenvalue weighted by Gasteiger charge is -2.12. The summed E-state index contributed by atoms with van der Waals surface area (Å²) in [6.45, 7) is 1.60. The van der Waals surface area contributed by atoms with Gasteiger partial charge in [0.15, 0.2) is 0 Å². The number of rotatable bonds is 4. The number of hydrogen-bond acceptors (Lipinski definition) is 4. The summed E-state index contributed by atoms with van der Waals surface area (Å²) >= 11 is 6.17. The van der Waals surface area contributed by atoms with Gasteiger partial charge in [0.1, 0.15) is 11.8 Å². The Balaban J connectivity index is 2.29. The predicted molar refractivity (Wildman–Crippen MR) is 85.0 cm³/mol. The molecule has 2 aromatic rings. The highest BCUT2D eigenvalue weighted by atomic mass is 35.5. The van der Waals surface area contributed by atoms with Gasteiger partial charge in [-0.1, -0.05) is 29.4 Å². The SMILES string of the molecule is Cc1nc(C(=O)Nc2cccc(Cl)c2SC(F)F)ccc1C#N. The number of amides is 1. The summed E-state index contributed by atoms with van der Waals surface area (Å²) in [6.07, 6.45) is 0. The molecule has 118 valence electrons. The number of carbonyl (C=O) groups excluding carboxylic acids is 1. The van der Waals surface area contributed by atoms with E-state index in [1.54, 1.807) is 13.0 Å². The molecule has 0 bridgehead atoms. The predicted octanol–water partition coefficient (Wildman–Crippen LogP) is 4.48. The van der Waals surface area contributed by atoms with Gasteiger partial charge in [-0.15, -0.1) is 0 Å². The highest BCUT2D eigenvalue weighted by molar-refractivity contribution is 7.99. The zero-order valence-corrected chi connectivity index (χ0v) is 13.4. The van der Waals surface area contributed by atoms with Crippen LogP contribution < -0.4 is 5.32 Å². The molecule has 4 nitrogen and oxygen atoms in total. The van der Waals surface area contributed by atoms with Gasteiger partial charge in [0.25, 0.3) is 11.7 Å². The molecule has 0 aliphatic rings. The van der Waals surface area contributed by atoms with E-state index in [1.165, 1.54) is 24.3 Å². The number of aromatic nitrogens is 1. The molecule has 8 heteroatoms. The molecule has 1 aromatic carbocycles. The second kappa shape index (κ2) is 7.40. The van der Waals surface area contributed by atoms with Crippen molar-refractivity contribution in [3.8, 4) is 6.07 Å². The number of hydrogen-bond donors (Lipinski definition) is 1. The second-order valence-corrected chi connectivity index (χ2v) is 5.80.